The molecule has 2 N–H and O–H groups in total. The second-order valence-electron chi connectivity index (χ2n) is 4.53. The summed E-state index contributed by atoms with van der Waals surface area (Å²) >= 11 is 0. The van der Waals surface area contributed by atoms with Gasteiger partial charge in [0.25, 0.3) is 0 Å². The topological polar surface area (TPSA) is 37.0 Å². The smallest absolute Gasteiger partial charge is 0.0544 e. The van der Waals surface area contributed by atoms with Crippen molar-refractivity contribution in [3.8, 4) is 0 Å². The first kappa shape index (κ1) is 11.6. The predicted octanol–water partition coefficient (Wildman–Crippen LogP) is 1.62. The molecule has 16 heavy (non-hydrogen) atoms. The van der Waals surface area contributed by atoms with Crippen LogP contribution in [0.2, 0.25) is 0 Å². The zero-order valence-electron chi connectivity index (χ0n) is 10.00. The fraction of sp³-hybridized carbons (Fsp3) is 0.615. The van der Waals surface area contributed by atoms with Crippen LogP contribution < -0.4 is 10.6 Å². The van der Waals surface area contributed by atoms with Crippen LogP contribution in [0.5, 0.6) is 0 Å². The van der Waals surface area contributed by atoms with Crippen molar-refractivity contribution in [3.63, 3.8) is 0 Å². The first-order chi connectivity index (χ1) is 7.84. The van der Waals surface area contributed by atoms with Crippen LogP contribution in [0, 0.1) is 6.92 Å². The highest BCUT2D eigenvalue weighted by atomic mass is 15.0. The van der Waals surface area contributed by atoms with E-state index in [9.17, 15) is 0 Å². The predicted molar refractivity (Wildman–Crippen MR) is 66.3 cm³/mol. The molecule has 3 heteroatoms. The van der Waals surface area contributed by atoms with Gasteiger partial charge >= 0.3 is 0 Å². The molecule has 0 aliphatic carbocycles. The summed E-state index contributed by atoms with van der Waals surface area (Å²) in [5, 5.41) is 6.96. The maximum Gasteiger partial charge on any atom is 0.0544 e. The molecule has 1 saturated heterocycles. The van der Waals surface area contributed by atoms with Crippen LogP contribution >= 0.6 is 0 Å². The van der Waals surface area contributed by atoms with Gasteiger partial charge in [-0.05, 0) is 51.4 Å². The lowest BCUT2D eigenvalue weighted by molar-refractivity contribution is 0.521. The van der Waals surface area contributed by atoms with E-state index in [0.29, 0.717) is 0 Å². The highest BCUT2D eigenvalue weighted by Crippen LogP contribution is 2.07. The van der Waals surface area contributed by atoms with E-state index in [1.807, 2.05) is 13.0 Å². The fourth-order valence-electron chi connectivity index (χ4n) is 2.19. The van der Waals surface area contributed by atoms with Gasteiger partial charge in [0.1, 0.15) is 0 Å². The molecule has 0 spiro atoms. The molecule has 0 aromatic carbocycles. The van der Waals surface area contributed by atoms with Crippen molar-refractivity contribution in [2.75, 3.05) is 13.1 Å². The Labute approximate surface area is 97.7 Å². The van der Waals surface area contributed by atoms with Gasteiger partial charge in [0.2, 0.25) is 0 Å². The minimum atomic E-state index is 0.734. The molecule has 1 aliphatic heterocycles. The van der Waals surface area contributed by atoms with E-state index in [2.05, 4.69) is 27.8 Å². The Morgan fingerprint density at radius 1 is 1.50 bits per heavy atom. The van der Waals surface area contributed by atoms with Crippen LogP contribution in [0.3, 0.4) is 0 Å². The van der Waals surface area contributed by atoms with E-state index in [1.165, 1.54) is 25.8 Å². The third-order valence-electron chi connectivity index (χ3n) is 3.08. The summed E-state index contributed by atoms with van der Waals surface area (Å²) in [7, 11) is 0. The molecule has 1 aliphatic rings. The maximum atomic E-state index is 4.46. The number of aromatic nitrogens is 1. The van der Waals surface area contributed by atoms with Gasteiger partial charge in [0, 0.05) is 18.3 Å². The van der Waals surface area contributed by atoms with E-state index < -0.39 is 0 Å². The molecule has 1 atom stereocenters. The quantitative estimate of drug-likeness (QED) is 0.739. The molecule has 0 saturated carbocycles. The van der Waals surface area contributed by atoms with Crippen molar-refractivity contribution < 1.29 is 0 Å². The summed E-state index contributed by atoms with van der Waals surface area (Å²) in [6.45, 7) is 5.19. The molecule has 0 amide bonds. The number of pyridine rings is 1. The minimum absolute atomic E-state index is 0.734. The normalized spacial score (nSPS) is 20.2. The maximum absolute atomic E-state index is 4.46. The molecule has 0 radical (unpaired) electrons. The monoisotopic (exact) mass is 219 g/mol. The number of rotatable bonds is 5. The van der Waals surface area contributed by atoms with Crippen LogP contribution in [0.25, 0.3) is 0 Å². The van der Waals surface area contributed by atoms with Crippen molar-refractivity contribution in [3.05, 3.63) is 29.6 Å². The molecule has 1 aromatic rings. The number of hydrogen-bond donors (Lipinski definition) is 2. The highest BCUT2D eigenvalue weighted by molar-refractivity contribution is 5.09. The molecule has 1 aromatic heterocycles. The fourth-order valence-corrected chi connectivity index (χ4v) is 2.19. The number of nitrogens with one attached hydrogen (secondary N) is 2. The Hall–Kier alpha value is -0.930. The zero-order valence-corrected chi connectivity index (χ0v) is 10.00. The Balaban J connectivity index is 1.64. The summed E-state index contributed by atoms with van der Waals surface area (Å²) < 4.78 is 0. The Kier molecular flexibility index (Phi) is 4.31. The van der Waals surface area contributed by atoms with Gasteiger partial charge in [-0.15, -0.1) is 0 Å². The average Bonchev–Trinajstić information content (AvgIpc) is 2.77. The molecule has 0 bridgehead atoms. The van der Waals surface area contributed by atoms with Crippen LogP contribution in [-0.4, -0.2) is 24.1 Å². The van der Waals surface area contributed by atoms with Crippen molar-refractivity contribution >= 4 is 0 Å². The van der Waals surface area contributed by atoms with Gasteiger partial charge in [-0.2, -0.15) is 0 Å². The number of hydrogen-bond acceptors (Lipinski definition) is 3. The SMILES string of the molecule is Cc1cccc(CNCCC2CCCN2)n1. The first-order valence-electron chi connectivity index (χ1n) is 6.21. The van der Waals surface area contributed by atoms with Gasteiger partial charge < -0.3 is 10.6 Å². The van der Waals surface area contributed by atoms with Crippen LogP contribution in [0.4, 0.5) is 0 Å². The average molecular weight is 219 g/mol. The lowest BCUT2D eigenvalue weighted by Crippen LogP contribution is -2.27. The molecule has 2 heterocycles. The summed E-state index contributed by atoms with van der Waals surface area (Å²) in [5.74, 6) is 0. The Morgan fingerprint density at radius 2 is 2.44 bits per heavy atom. The largest absolute Gasteiger partial charge is 0.314 e. The lowest BCUT2D eigenvalue weighted by atomic mass is 10.1. The van der Waals surface area contributed by atoms with E-state index in [0.717, 1.165) is 30.5 Å². The summed E-state index contributed by atoms with van der Waals surface area (Å²) in [6, 6.07) is 6.91. The summed E-state index contributed by atoms with van der Waals surface area (Å²) in [6.07, 6.45) is 3.90. The molecule has 2 rings (SSSR count). The van der Waals surface area contributed by atoms with Crippen LogP contribution in [0.1, 0.15) is 30.7 Å². The van der Waals surface area contributed by atoms with E-state index in [4.69, 9.17) is 0 Å². The van der Waals surface area contributed by atoms with Gasteiger partial charge in [-0.25, -0.2) is 0 Å². The summed E-state index contributed by atoms with van der Waals surface area (Å²) in [5.41, 5.74) is 2.23. The second kappa shape index (κ2) is 5.97. The van der Waals surface area contributed by atoms with E-state index in [-0.39, 0.29) is 0 Å². The summed E-state index contributed by atoms with van der Waals surface area (Å²) in [4.78, 5) is 4.46. The first-order valence-corrected chi connectivity index (χ1v) is 6.21. The van der Waals surface area contributed by atoms with Crippen molar-refractivity contribution in [2.45, 2.75) is 38.8 Å². The lowest BCUT2D eigenvalue weighted by Gasteiger charge is -2.10. The number of nitrogens with zero attached hydrogens (tertiary/aromatic N) is 1. The molecule has 88 valence electrons. The van der Waals surface area contributed by atoms with Crippen LogP contribution in [-0.2, 0) is 6.54 Å². The standard InChI is InChI=1S/C13H21N3/c1-11-4-2-5-13(16-11)10-14-9-7-12-6-3-8-15-12/h2,4-5,12,14-15H,3,6-10H2,1H3. The second-order valence-corrected chi connectivity index (χ2v) is 4.53. The Morgan fingerprint density at radius 3 is 3.19 bits per heavy atom. The van der Waals surface area contributed by atoms with E-state index >= 15 is 0 Å². The van der Waals surface area contributed by atoms with Gasteiger partial charge in [-0.1, -0.05) is 6.07 Å². The van der Waals surface area contributed by atoms with Crippen molar-refractivity contribution in [2.24, 2.45) is 0 Å². The minimum Gasteiger partial charge on any atom is -0.314 e. The molecule has 3 nitrogen and oxygen atoms in total. The van der Waals surface area contributed by atoms with Crippen molar-refractivity contribution in [1.82, 2.24) is 15.6 Å². The van der Waals surface area contributed by atoms with Gasteiger partial charge in [-0.3, -0.25) is 4.98 Å². The molecular formula is C13H21N3. The molecular weight excluding hydrogens is 198 g/mol. The van der Waals surface area contributed by atoms with Gasteiger partial charge in [0.05, 0.1) is 5.69 Å². The number of aryl methyl sites for hydroxylation is 1. The molecule has 1 fully saturated rings. The third-order valence-corrected chi connectivity index (χ3v) is 3.08. The van der Waals surface area contributed by atoms with Crippen LogP contribution in [0.15, 0.2) is 18.2 Å². The highest BCUT2D eigenvalue weighted by Gasteiger charge is 2.12. The van der Waals surface area contributed by atoms with Gasteiger partial charge in [0.15, 0.2) is 0 Å². The zero-order chi connectivity index (χ0) is 11.2. The third kappa shape index (κ3) is 3.58. The molecule has 1 unspecified atom stereocenters. The Bertz CT molecular complexity index is 319. The van der Waals surface area contributed by atoms with Crippen molar-refractivity contribution in [1.29, 1.82) is 0 Å². The van der Waals surface area contributed by atoms with E-state index in [1.54, 1.807) is 0 Å².